The van der Waals surface area contributed by atoms with Crippen molar-refractivity contribution >= 4 is 5.95 Å². The van der Waals surface area contributed by atoms with Crippen LogP contribution in [-0.2, 0) is 7.05 Å². The van der Waals surface area contributed by atoms with Crippen LogP contribution in [0.3, 0.4) is 0 Å². The van der Waals surface area contributed by atoms with Crippen molar-refractivity contribution in [2.75, 3.05) is 11.4 Å². The van der Waals surface area contributed by atoms with Gasteiger partial charge in [0.05, 0.1) is 0 Å². The lowest BCUT2D eigenvalue weighted by atomic mass is 9.97. The van der Waals surface area contributed by atoms with Crippen LogP contribution in [0.1, 0.15) is 26.2 Å². The first kappa shape index (κ1) is 10.4. The number of piperidine rings is 1. The lowest BCUT2D eigenvalue weighted by Gasteiger charge is -2.40. The van der Waals surface area contributed by atoms with Gasteiger partial charge in [-0.05, 0) is 36.6 Å². The molecule has 2 atom stereocenters. The summed E-state index contributed by atoms with van der Waals surface area (Å²) in [5.74, 6) is 0.831. The number of aromatic nitrogens is 4. The molecular weight excluding hydrogens is 192 g/mol. The first-order chi connectivity index (χ1) is 7.24. The molecule has 2 rings (SSSR count). The van der Waals surface area contributed by atoms with Gasteiger partial charge >= 0.3 is 0 Å². The van der Waals surface area contributed by atoms with Gasteiger partial charge in [0.2, 0.25) is 5.95 Å². The molecule has 0 saturated carbocycles. The van der Waals surface area contributed by atoms with E-state index in [0.717, 1.165) is 12.4 Å². The van der Waals surface area contributed by atoms with Crippen molar-refractivity contribution in [1.82, 2.24) is 20.2 Å². The van der Waals surface area contributed by atoms with Crippen molar-refractivity contribution < 1.29 is 0 Å². The summed E-state index contributed by atoms with van der Waals surface area (Å²) in [5, 5.41) is 11.6. The highest BCUT2D eigenvalue weighted by molar-refractivity contribution is 5.33. The van der Waals surface area contributed by atoms with Crippen molar-refractivity contribution in [3.05, 3.63) is 0 Å². The summed E-state index contributed by atoms with van der Waals surface area (Å²) in [7, 11) is 1.87. The molecule has 1 aromatic rings. The number of tetrazole rings is 1. The number of aryl methyl sites for hydroxylation is 1. The Morgan fingerprint density at radius 2 is 2.27 bits per heavy atom. The maximum absolute atomic E-state index is 5.79. The Morgan fingerprint density at radius 1 is 1.47 bits per heavy atom. The number of rotatable bonds is 2. The Labute approximate surface area is 89.4 Å². The van der Waals surface area contributed by atoms with Crippen molar-refractivity contribution in [1.29, 1.82) is 0 Å². The fourth-order valence-corrected chi connectivity index (χ4v) is 2.32. The molecule has 1 saturated heterocycles. The monoisotopic (exact) mass is 210 g/mol. The molecule has 0 spiro atoms. The fraction of sp³-hybridized carbons (Fsp3) is 0.889. The first-order valence-corrected chi connectivity index (χ1v) is 5.44. The van der Waals surface area contributed by atoms with E-state index in [4.69, 9.17) is 5.73 Å². The molecule has 6 nitrogen and oxygen atoms in total. The predicted octanol–water partition coefficient (Wildman–Crippen LogP) is -0.0838. The van der Waals surface area contributed by atoms with Gasteiger partial charge in [-0.25, -0.2) is 4.68 Å². The maximum Gasteiger partial charge on any atom is 0.245 e. The summed E-state index contributed by atoms with van der Waals surface area (Å²) < 4.78 is 1.71. The van der Waals surface area contributed by atoms with E-state index >= 15 is 0 Å². The average molecular weight is 210 g/mol. The highest BCUT2D eigenvalue weighted by atomic mass is 15.6. The van der Waals surface area contributed by atoms with Crippen LogP contribution in [0.5, 0.6) is 0 Å². The second kappa shape index (κ2) is 4.14. The molecule has 15 heavy (non-hydrogen) atoms. The van der Waals surface area contributed by atoms with Crippen molar-refractivity contribution in [3.8, 4) is 0 Å². The Bertz CT molecular complexity index is 322. The molecule has 0 bridgehead atoms. The minimum Gasteiger partial charge on any atom is -0.333 e. The molecule has 0 aliphatic carbocycles. The van der Waals surface area contributed by atoms with Gasteiger partial charge in [-0.15, -0.1) is 0 Å². The Kier molecular flexibility index (Phi) is 2.86. The number of nitrogens with two attached hydrogens (primary N) is 1. The summed E-state index contributed by atoms with van der Waals surface area (Å²) in [6.45, 7) is 2.87. The van der Waals surface area contributed by atoms with Gasteiger partial charge in [0.25, 0.3) is 0 Å². The van der Waals surface area contributed by atoms with Crippen LogP contribution in [0.4, 0.5) is 5.95 Å². The molecule has 84 valence electrons. The van der Waals surface area contributed by atoms with E-state index in [0.29, 0.717) is 18.6 Å². The zero-order valence-electron chi connectivity index (χ0n) is 9.30. The molecule has 0 aromatic carbocycles. The van der Waals surface area contributed by atoms with Gasteiger partial charge in [0.1, 0.15) is 0 Å². The third kappa shape index (κ3) is 1.81. The number of nitrogens with zero attached hydrogens (tertiary/aromatic N) is 5. The van der Waals surface area contributed by atoms with Gasteiger partial charge in [-0.2, -0.15) is 0 Å². The molecule has 2 unspecified atom stereocenters. The standard InChI is InChI=1S/C9H18N6/c1-7-4-3-5-8(6-10)15(7)9-11-12-13-14(9)2/h7-8H,3-6,10H2,1-2H3. The minimum absolute atomic E-state index is 0.374. The highest BCUT2D eigenvalue weighted by Gasteiger charge is 2.30. The van der Waals surface area contributed by atoms with Crippen LogP contribution in [0.2, 0.25) is 0 Å². The minimum atomic E-state index is 0.374. The number of hydrogen-bond acceptors (Lipinski definition) is 5. The third-order valence-corrected chi connectivity index (χ3v) is 3.13. The van der Waals surface area contributed by atoms with Crippen LogP contribution < -0.4 is 10.6 Å². The van der Waals surface area contributed by atoms with E-state index < -0.39 is 0 Å². The van der Waals surface area contributed by atoms with Crippen molar-refractivity contribution in [2.24, 2.45) is 12.8 Å². The zero-order valence-corrected chi connectivity index (χ0v) is 9.30. The fourth-order valence-electron chi connectivity index (χ4n) is 2.32. The number of anilines is 1. The molecule has 2 N–H and O–H groups in total. The summed E-state index contributed by atoms with van der Waals surface area (Å²) in [6, 6.07) is 0.843. The molecular formula is C9H18N6. The molecule has 0 radical (unpaired) electrons. The SMILES string of the molecule is CC1CCCC(CN)N1c1nnnn1C. The molecule has 1 aliphatic rings. The van der Waals surface area contributed by atoms with E-state index in [9.17, 15) is 0 Å². The van der Waals surface area contributed by atoms with E-state index in [1.54, 1.807) is 4.68 Å². The van der Waals surface area contributed by atoms with Crippen LogP contribution in [0, 0.1) is 0 Å². The first-order valence-electron chi connectivity index (χ1n) is 5.44. The zero-order chi connectivity index (χ0) is 10.8. The van der Waals surface area contributed by atoms with Gasteiger partial charge in [0, 0.05) is 25.7 Å². The summed E-state index contributed by atoms with van der Waals surface area (Å²) in [5.41, 5.74) is 5.79. The molecule has 1 aliphatic heterocycles. The topological polar surface area (TPSA) is 72.9 Å². The molecule has 1 aromatic heterocycles. The van der Waals surface area contributed by atoms with Crippen molar-refractivity contribution in [3.63, 3.8) is 0 Å². The van der Waals surface area contributed by atoms with Crippen LogP contribution in [0.25, 0.3) is 0 Å². The Morgan fingerprint density at radius 3 is 2.87 bits per heavy atom. The van der Waals surface area contributed by atoms with E-state index in [1.165, 1.54) is 12.8 Å². The van der Waals surface area contributed by atoms with Crippen LogP contribution in [0.15, 0.2) is 0 Å². The van der Waals surface area contributed by atoms with E-state index in [-0.39, 0.29) is 0 Å². The quantitative estimate of drug-likeness (QED) is 0.739. The molecule has 1 fully saturated rings. The van der Waals surface area contributed by atoms with Gasteiger partial charge in [0.15, 0.2) is 0 Å². The number of hydrogen-bond donors (Lipinski definition) is 1. The lowest BCUT2D eigenvalue weighted by Crippen LogP contribution is -2.50. The van der Waals surface area contributed by atoms with Gasteiger partial charge < -0.3 is 10.6 Å². The third-order valence-electron chi connectivity index (χ3n) is 3.13. The normalized spacial score (nSPS) is 27.0. The van der Waals surface area contributed by atoms with Crippen LogP contribution in [-0.4, -0.2) is 38.8 Å². The van der Waals surface area contributed by atoms with Crippen molar-refractivity contribution in [2.45, 2.75) is 38.3 Å². The van der Waals surface area contributed by atoms with Gasteiger partial charge in [-0.3, -0.25) is 0 Å². The maximum atomic E-state index is 5.79. The Balaban J connectivity index is 2.27. The van der Waals surface area contributed by atoms with E-state index in [2.05, 4.69) is 27.3 Å². The molecule has 6 heteroatoms. The van der Waals surface area contributed by atoms with E-state index in [1.807, 2.05) is 7.05 Å². The Hall–Kier alpha value is -1.17. The van der Waals surface area contributed by atoms with Gasteiger partial charge in [-0.1, -0.05) is 5.10 Å². The summed E-state index contributed by atoms with van der Waals surface area (Å²) >= 11 is 0. The second-order valence-electron chi connectivity index (χ2n) is 4.18. The largest absolute Gasteiger partial charge is 0.333 e. The molecule has 0 amide bonds. The lowest BCUT2D eigenvalue weighted by molar-refractivity contribution is 0.390. The predicted molar refractivity (Wildman–Crippen MR) is 57.4 cm³/mol. The smallest absolute Gasteiger partial charge is 0.245 e. The molecule has 2 heterocycles. The second-order valence-corrected chi connectivity index (χ2v) is 4.18. The van der Waals surface area contributed by atoms with Crippen LogP contribution >= 0.6 is 0 Å². The summed E-state index contributed by atoms with van der Waals surface area (Å²) in [4.78, 5) is 2.25. The average Bonchev–Trinajstić information content (AvgIpc) is 2.64. The summed E-state index contributed by atoms with van der Waals surface area (Å²) in [6.07, 6.45) is 3.56. The highest BCUT2D eigenvalue weighted by Crippen LogP contribution is 2.26.